The zero-order valence-corrected chi connectivity index (χ0v) is 7.15. The van der Waals surface area contributed by atoms with Crippen molar-refractivity contribution in [3.05, 3.63) is 12.4 Å². The molecule has 0 bridgehead atoms. The third-order valence-electron chi connectivity index (χ3n) is 2.04. The molecule has 0 aliphatic rings. The minimum Gasteiger partial charge on any atom is -0.315 e. The monoisotopic (exact) mass is 154 g/mol. The van der Waals surface area contributed by atoms with Gasteiger partial charge in [-0.05, 0) is 20.9 Å². The van der Waals surface area contributed by atoms with Gasteiger partial charge in [-0.25, -0.2) is 4.68 Å². The quantitative estimate of drug-likeness (QED) is 0.687. The largest absolute Gasteiger partial charge is 0.315 e. The number of hydrogen-bond acceptors (Lipinski definition) is 3. The first-order chi connectivity index (χ1) is 5.25. The molecule has 0 spiro atoms. The van der Waals surface area contributed by atoms with Crippen LogP contribution in [0.4, 0.5) is 0 Å². The zero-order valence-electron chi connectivity index (χ0n) is 7.15. The van der Waals surface area contributed by atoms with Crippen LogP contribution in [-0.4, -0.2) is 28.1 Å². The summed E-state index contributed by atoms with van der Waals surface area (Å²) in [7, 11) is 1.94. The van der Waals surface area contributed by atoms with E-state index in [9.17, 15) is 0 Å². The molecule has 0 radical (unpaired) electrons. The van der Waals surface area contributed by atoms with E-state index in [1.54, 1.807) is 6.20 Å². The number of hydrogen-bond donors (Lipinski definition) is 1. The molecule has 0 saturated heterocycles. The van der Waals surface area contributed by atoms with Gasteiger partial charge in [0.05, 0.1) is 12.2 Å². The van der Waals surface area contributed by atoms with E-state index in [0.29, 0.717) is 12.1 Å². The van der Waals surface area contributed by atoms with Gasteiger partial charge in [-0.15, -0.1) is 5.10 Å². The lowest BCUT2D eigenvalue weighted by Crippen LogP contribution is -2.31. The number of rotatable bonds is 3. The smallest absolute Gasteiger partial charge is 0.0693 e. The second-order valence-electron chi connectivity index (χ2n) is 2.70. The maximum Gasteiger partial charge on any atom is 0.0693 e. The molecule has 4 heteroatoms. The Kier molecular flexibility index (Phi) is 2.59. The Hall–Kier alpha value is -0.900. The SMILES string of the molecule is CNC(C)C(C)n1ccnn1. The lowest BCUT2D eigenvalue weighted by Gasteiger charge is -2.18. The first-order valence-corrected chi connectivity index (χ1v) is 3.78. The molecular weight excluding hydrogens is 140 g/mol. The molecule has 62 valence electrons. The van der Waals surface area contributed by atoms with E-state index in [4.69, 9.17) is 0 Å². The van der Waals surface area contributed by atoms with Crippen molar-refractivity contribution in [3.8, 4) is 0 Å². The van der Waals surface area contributed by atoms with Crippen molar-refractivity contribution in [3.63, 3.8) is 0 Å². The molecule has 2 atom stereocenters. The maximum atomic E-state index is 3.91. The van der Waals surface area contributed by atoms with Crippen molar-refractivity contribution >= 4 is 0 Å². The summed E-state index contributed by atoms with van der Waals surface area (Å²) in [5, 5.41) is 10.8. The van der Waals surface area contributed by atoms with Gasteiger partial charge in [-0.1, -0.05) is 5.21 Å². The Morgan fingerprint density at radius 3 is 2.64 bits per heavy atom. The van der Waals surface area contributed by atoms with E-state index in [1.807, 2.05) is 17.9 Å². The average Bonchev–Trinajstić information content (AvgIpc) is 2.53. The molecule has 11 heavy (non-hydrogen) atoms. The van der Waals surface area contributed by atoms with Crippen LogP contribution < -0.4 is 5.32 Å². The van der Waals surface area contributed by atoms with Crippen LogP contribution in [0.15, 0.2) is 12.4 Å². The molecule has 0 saturated carbocycles. The topological polar surface area (TPSA) is 42.7 Å². The summed E-state index contributed by atoms with van der Waals surface area (Å²) in [6.45, 7) is 4.22. The summed E-state index contributed by atoms with van der Waals surface area (Å²) >= 11 is 0. The minimum atomic E-state index is 0.350. The second kappa shape index (κ2) is 3.48. The maximum absolute atomic E-state index is 3.91. The fourth-order valence-corrected chi connectivity index (χ4v) is 0.905. The molecule has 0 aliphatic carbocycles. The summed E-state index contributed by atoms with van der Waals surface area (Å²) in [6, 6.07) is 0.763. The van der Waals surface area contributed by atoms with E-state index in [-0.39, 0.29) is 0 Å². The third-order valence-corrected chi connectivity index (χ3v) is 2.04. The normalized spacial score (nSPS) is 16.3. The highest BCUT2D eigenvalue weighted by molar-refractivity contribution is 4.75. The summed E-state index contributed by atoms with van der Waals surface area (Å²) < 4.78 is 1.85. The number of aromatic nitrogens is 3. The predicted octanol–water partition coefficient (Wildman–Crippen LogP) is 0.447. The fraction of sp³-hybridized carbons (Fsp3) is 0.714. The van der Waals surface area contributed by atoms with Gasteiger partial charge in [0, 0.05) is 12.2 Å². The summed E-state index contributed by atoms with van der Waals surface area (Å²) in [6.07, 6.45) is 3.57. The predicted molar refractivity (Wildman–Crippen MR) is 43.3 cm³/mol. The van der Waals surface area contributed by atoms with Crippen LogP contribution in [-0.2, 0) is 0 Å². The molecule has 0 fully saturated rings. The lowest BCUT2D eigenvalue weighted by atomic mass is 10.2. The standard InChI is InChI=1S/C7H14N4/c1-6(8-3)7(2)11-5-4-9-10-11/h4-8H,1-3H3. The second-order valence-corrected chi connectivity index (χ2v) is 2.70. The van der Waals surface area contributed by atoms with Crippen LogP contribution in [0.3, 0.4) is 0 Å². The average molecular weight is 154 g/mol. The van der Waals surface area contributed by atoms with Crippen LogP contribution >= 0.6 is 0 Å². The van der Waals surface area contributed by atoms with Crippen molar-refractivity contribution in [2.24, 2.45) is 0 Å². The number of likely N-dealkylation sites (N-methyl/N-ethyl adjacent to an activating group) is 1. The molecule has 2 unspecified atom stereocenters. The van der Waals surface area contributed by atoms with Crippen molar-refractivity contribution in [1.82, 2.24) is 20.3 Å². The Bertz CT molecular complexity index is 194. The third kappa shape index (κ3) is 1.77. The first-order valence-electron chi connectivity index (χ1n) is 3.78. The van der Waals surface area contributed by atoms with Gasteiger partial charge in [-0.3, -0.25) is 0 Å². The first kappa shape index (κ1) is 8.20. The molecule has 0 aliphatic heterocycles. The van der Waals surface area contributed by atoms with Gasteiger partial charge in [0.25, 0.3) is 0 Å². The van der Waals surface area contributed by atoms with E-state index in [1.165, 1.54) is 0 Å². The molecular formula is C7H14N4. The molecule has 4 nitrogen and oxygen atoms in total. The summed E-state index contributed by atoms with van der Waals surface area (Å²) in [4.78, 5) is 0. The lowest BCUT2D eigenvalue weighted by molar-refractivity contribution is 0.377. The Balaban J connectivity index is 2.62. The van der Waals surface area contributed by atoms with Crippen LogP contribution in [0.5, 0.6) is 0 Å². The molecule has 0 amide bonds. The number of nitrogens with one attached hydrogen (secondary N) is 1. The van der Waals surface area contributed by atoms with Crippen molar-refractivity contribution in [2.45, 2.75) is 25.9 Å². The molecule has 1 aromatic heterocycles. The van der Waals surface area contributed by atoms with E-state index >= 15 is 0 Å². The highest BCUT2D eigenvalue weighted by Crippen LogP contribution is 2.06. The van der Waals surface area contributed by atoms with Gasteiger partial charge in [0.15, 0.2) is 0 Å². The summed E-state index contributed by atoms with van der Waals surface area (Å²) in [5.74, 6) is 0. The number of nitrogens with zero attached hydrogens (tertiary/aromatic N) is 3. The van der Waals surface area contributed by atoms with Crippen molar-refractivity contribution in [2.75, 3.05) is 7.05 Å². The highest BCUT2D eigenvalue weighted by atomic mass is 15.4. The Morgan fingerprint density at radius 1 is 1.45 bits per heavy atom. The van der Waals surface area contributed by atoms with E-state index in [2.05, 4.69) is 29.5 Å². The fourth-order valence-electron chi connectivity index (χ4n) is 0.905. The Morgan fingerprint density at radius 2 is 2.18 bits per heavy atom. The van der Waals surface area contributed by atoms with Gasteiger partial charge >= 0.3 is 0 Å². The Labute approximate surface area is 66.6 Å². The molecule has 1 aromatic rings. The zero-order chi connectivity index (χ0) is 8.27. The van der Waals surface area contributed by atoms with Gasteiger partial charge in [0.2, 0.25) is 0 Å². The molecule has 1 rings (SSSR count). The summed E-state index contributed by atoms with van der Waals surface area (Å²) in [5.41, 5.74) is 0. The molecule has 1 heterocycles. The van der Waals surface area contributed by atoms with Crippen LogP contribution in [0.2, 0.25) is 0 Å². The van der Waals surface area contributed by atoms with Crippen LogP contribution in [0.1, 0.15) is 19.9 Å². The van der Waals surface area contributed by atoms with E-state index in [0.717, 1.165) is 0 Å². The van der Waals surface area contributed by atoms with Crippen molar-refractivity contribution in [1.29, 1.82) is 0 Å². The van der Waals surface area contributed by atoms with E-state index < -0.39 is 0 Å². The molecule has 0 aromatic carbocycles. The van der Waals surface area contributed by atoms with Gasteiger partial charge < -0.3 is 5.32 Å². The highest BCUT2D eigenvalue weighted by Gasteiger charge is 2.11. The molecule has 1 N–H and O–H groups in total. The van der Waals surface area contributed by atoms with Crippen molar-refractivity contribution < 1.29 is 0 Å². The van der Waals surface area contributed by atoms with Crippen LogP contribution in [0, 0.1) is 0 Å². The van der Waals surface area contributed by atoms with Crippen LogP contribution in [0.25, 0.3) is 0 Å². The van der Waals surface area contributed by atoms with Gasteiger partial charge in [0.1, 0.15) is 0 Å². The van der Waals surface area contributed by atoms with Gasteiger partial charge in [-0.2, -0.15) is 0 Å². The minimum absolute atomic E-state index is 0.350.